The Morgan fingerprint density at radius 2 is 0.804 bits per heavy atom. The zero-order chi connectivity index (χ0) is 40.4. The summed E-state index contributed by atoms with van der Waals surface area (Å²) in [5.41, 5.74) is 0. The van der Waals surface area contributed by atoms with E-state index in [-0.39, 0.29) is 0 Å². The molecule has 3 unspecified atom stereocenters. The van der Waals surface area contributed by atoms with Crippen LogP contribution in [-0.4, -0.2) is 61.1 Å². The molecular weight excluding hydrogens is 717 g/mol. The molecule has 3 atom stereocenters. The Bertz CT molecular complexity index is 789. The summed E-state index contributed by atoms with van der Waals surface area (Å²) in [7, 11) is 9.02. The first-order valence-electron chi connectivity index (χ1n) is 25.9. The van der Waals surface area contributed by atoms with E-state index in [1.54, 1.807) is 6.42 Å². The fourth-order valence-corrected chi connectivity index (χ4v) is 11.0. The van der Waals surface area contributed by atoms with Gasteiger partial charge in [0, 0.05) is 30.6 Å². The predicted octanol–water partition coefficient (Wildman–Crippen LogP) is 17.9. The third-order valence-corrected chi connectivity index (χ3v) is 15.5. The molecule has 0 heterocycles. The summed E-state index contributed by atoms with van der Waals surface area (Å²) in [5, 5.41) is 0. The van der Waals surface area contributed by atoms with Crippen molar-refractivity contribution >= 4 is 21.6 Å². The number of nitrogens with zero attached hydrogens (tertiary/aromatic N) is 2. The van der Waals surface area contributed by atoms with Crippen LogP contribution < -0.4 is 0 Å². The van der Waals surface area contributed by atoms with Crippen molar-refractivity contribution in [2.24, 2.45) is 11.8 Å². The van der Waals surface area contributed by atoms with Crippen LogP contribution in [-0.2, 0) is 0 Å². The van der Waals surface area contributed by atoms with E-state index < -0.39 is 0 Å². The maximum Gasteiger partial charge on any atom is 0.0165 e. The Labute approximate surface area is 363 Å². The molecule has 1 rings (SSSR count). The molecule has 334 valence electrons. The minimum Gasteiger partial charge on any atom is -0.306 e. The average molecular weight is 822 g/mol. The van der Waals surface area contributed by atoms with Crippen LogP contribution in [0.5, 0.6) is 0 Å². The summed E-state index contributed by atoms with van der Waals surface area (Å²) in [4.78, 5) is 5.33. The van der Waals surface area contributed by atoms with Crippen LogP contribution in [0.1, 0.15) is 258 Å². The van der Waals surface area contributed by atoms with Crippen LogP contribution in [0.3, 0.4) is 0 Å². The molecule has 0 N–H and O–H groups in total. The fraction of sp³-hybridized carbons (Fsp3) is 0.962. The Hall–Kier alpha value is 0.360. The van der Waals surface area contributed by atoms with Crippen molar-refractivity contribution in [2.45, 2.75) is 264 Å². The van der Waals surface area contributed by atoms with Crippen LogP contribution in [0, 0.1) is 11.8 Å². The highest BCUT2D eigenvalue weighted by Crippen LogP contribution is 2.45. The van der Waals surface area contributed by atoms with Gasteiger partial charge in [-0.1, -0.05) is 241 Å². The minimum absolute atomic E-state index is 0.799. The number of hydrogen-bond donors (Lipinski definition) is 0. The number of rotatable bonds is 47. The van der Waals surface area contributed by atoms with Gasteiger partial charge in [-0.2, -0.15) is 0 Å². The van der Waals surface area contributed by atoms with Crippen molar-refractivity contribution in [3.05, 3.63) is 12.2 Å². The van der Waals surface area contributed by atoms with Gasteiger partial charge in [-0.05, 0) is 83.8 Å². The van der Waals surface area contributed by atoms with Crippen molar-refractivity contribution in [1.29, 1.82) is 0 Å². The van der Waals surface area contributed by atoms with Crippen LogP contribution in [0.2, 0.25) is 0 Å². The van der Waals surface area contributed by atoms with E-state index in [1.807, 2.05) is 0 Å². The molecule has 2 nitrogen and oxygen atoms in total. The molecule has 1 fully saturated rings. The smallest absolute Gasteiger partial charge is 0.0165 e. The first kappa shape index (κ1) is 54.4. The van der Waals surface area contributed by atoms with Gasteiger partial charge in [-0.15, -0.1) is 0 Å². The highest BCUT2D eigenvalue weighted by atomic mass is 33.1. The van der Waals surface area contributed by atoms with Gasteiger partial charge < -0.3 is 9.80 Å². The van der Waals surface area contributed by atoms with Crippen molar-refractivity contribution < 1.29 is 0 Å². The lowest BCUT2D eigenvalue weighted by Gasteiger charge is -2.28. The molecule has 1 aliphatic carbocycles. The molecule has 0 aliphatic heterocycles. The van der Waals surface area contributed by atoms with Crippen LogP contribution in [0.25, 0.3) is 0 Å². The molecule has 0 radical (unpaired) electrons. The molecule has 0 bridgehead atoms. The van der Waals surface area contributed by atoms with Gasteiger partial charge >= 0.3 is 0 Å². The van der Waals surface area contributed by atoms with Gasteiger partial charge in [0.1, 0.15) is 0 Å². The zero-order valence-corrected chi connectivity index (χ0v) is 40.9. The standard InChI is InChI=1S/C52H104N2S2/c1-6-9-12-15-18-19-20-21-22-23-24-25-26-28-34-39-44-53(4)45-47-55-56-48-46-54(5)52(42-37-32-27-16-13-10-7-2)43-38-33-29-31-36-41-51-49-50(51)40-35-30-17-14-11-8-3/h21-22,50-52H,6-20,23-49H2,1-5H3. The normalized spacial score (nSPS) is 16.3. The number of hydrogen-bond acceptors (Lipinski definition) is 4. The summed E-state index contributed by atoms with van der Waals surface area (Å²) in [5.74, 6) is 4.75. The molecule has 56 heavy (non-hydrogen) atoms. The number of allylic oxidation sites excluding steroid dienone is 2. The highest BCUT2D eigenvalue weighted by Gasteiger charge is 2.35. The van der Waals surface area contributed by atoms with Gasteiger partial charge in [-0.25, -0.2) is 0 Å². The van der Waals surface area contributed by atoms with Crippen molar-refractivity contribution in [2.75, 3.05) is 45.2 Å². The van der Waals surface area contributed by atoms with E-state index >= 15 is 0 Å². The molecule has 0 aromatic carbocycles. The lowest BCUT2D eigenvalue weighted by atomic mass is 9.98. The largest absolute Gasteiger partial charge is 0.306 e. The summed E-state index contributed by atoms with van der Waals surface area (Å²) in [6.45, 7) is 10.7. The molecule has 0 aromatic heterocycles. The lowest BCUT2D eigenvalue weighted by Crippen LogP contribution is -2.33. The van der Waals surface area contributed by atoms with E-state index in [2.05, 4.69) is 78.4 Å². The first-order chi connectivity index (χ1) is 27.6. The van der Waals surface area contributed by atoms with E-state index in [9.17, 15) is 0 Å². The Morgan fingerprint density at radius 3 is 1.27 bits per heavy atom. The molecule has 0 amide bonds. The molecule has 1 saturated carbocycles. The van der Waals surface area contributed by atoms with Crippen LogP contribution >= 0.6 is 21.6 Å². The monoisotopic (exact) mass is 821 g/mol. The Balaban J connectivity index is 2.07. The maximum atomic E-state index is 2.75. The van der Waals surface area contributed by atoms with Gasteiger partial charge in [0.05, 0.1) is 0 Å². The zero-order valence-electron chi connectivity index (χ0n) is 39.3. The van der Waals surface area contributed by atoms with E-state index in [0.29, 0.717) is 0 Å². The SMILES string of the molecule is CCCCCCCCC=CCCCCCCCCN(C)CCSSCCN(C)C(CCCCCCCCC)CCCCCCCC1CC1CCCCCCCC. The number of unbranched alkanes of at least 4 members (excludes halogenated alkanes) is 27. The highest BCUT2D eigenvalue weighted by molar-refractivity contribution is 8.76. The predicted molar refractivity (Wildman–Crippen MR) is 263 cm³/mol. The Morgan fingerprint density at radius 1 is 0.429 bits per heavy atom. The van der Waals surface area contributed by atoms with Gasteiger partial charge in [0.15, 0.2) is 0 Å². The van der Waals surface area contributed by atoms with E-state index in [4.69, 9.17) is 0 Å². The summed E-state index contributed by atoms with van der Waals surface area (Å²) < 4.78 is 0. The second-order valence-electron chi connectivity index (χ2n) is 18.6. The van der Waals surface area contributed by atoms with Gasteiger partial charge in [0.25, 0.3) is 0 Å². The van der Waals surface area contributed by atoms with Crippen molar-refractivity contribution in [3.8, 4) is 0 Å². The van der Waals surface area contributed by atoms with Gasteiger partial charge in [-0.3, -0.25) is 0 Å². The molecule has 4 heteroatoms. The first-order valence-corrected chi connectivity index (χ1v) is 28.4. The maximum absolute atomic E-state index is 2.75. The average Bonchev–Trinajstić information content (AvgIpc) is 3.96. The molecular formula is C52H104N2S2. The van der Waals surface area contributed by atoms with E-state index in [0.717, 1.165) is 17.9 Å². The quantitative estimate of drug-likeness (QED) is 0.0343. The summed E-state index contributed by atoms with van der Waals surface area (Å²) >= 11 is 0. The lowest BCUT2D eigenvalue weighted by molar-refractivity contribution is 0.221. The van der Waals surface area contributed by atoms with Crippen molar-refractivity contribution in [3.63, 3.8) is 0 Å². The van der Waals surface area contributed by atoms with Crippen LogP contribution in [0.4, 0.5) is 0 Å². The second-order valence-corrected chi connectivity index (χ2v) is 21.3. The topological polar surface area (TPSA) is 6.48 Å². The van der Waals surface area contributed by atoms with E-state index in [1.165, 1.54) is 262 Å². The third-order valence-electron chi connectivity index (χ3n) is 13.1. The third kappa shape index (κ3) is 37.4. The second kappa shape index (κ2) is 43.4. The van der Waals surface area contributed by atoms with Gasteiger partial charge in [0.2, 0.25) is 0 Å². The summed E-state index contributed by atoms with van der Waals surface area (Å²) in [6, 6.07) is 0.799. The fourth-order valence-electron chi connectivity index (χ4n) is 8.86. The molecule has 1 aliphatic rings. The summed E-state index contributed by atoms with van der Waals surface area (Å²) in [6.07, 6.45) is 58.0. The Kier molecular flexibility index (Phi) is 42.2. The minimum atomic E-state index is 0.799. The molecule has 0 spiro atoms. The molecule has 0 aromatic rings. The van der Waals surface area contributed by atoms with Crippen molar-refractivity contribution in [1.82, 2.24) is 9.80 Å². The van der Waals surface area contributed by atoms with Crippen LogP contribution in [0.15, 0.2) is 12.2 Å². The molecule has 0 saturated heterocycles.